The molecule has 0 fully saturated rings. The van der Waals surface area contributed by atoms with Crippen molar-refractivity contribution < 1.29 is 4.79 Å². The van der Waals surface area contributed by atoms with Gasteiger partial charge in [0.1, 0.15) is 0 Å². The van der Waals surface area contributed by atoms with Crippen molar-refractivity contribution in [1.29, 1.82) is 0 Å². The van der Waals surface area contributed by atoms with E-state index in [-0.39, 0.29) is 5.91 Å². The van der Waals surface area contributed by atoms with Crippen molar-refractivity contribution in [2.75, 3.05) is 11.9 Å². The van der Waals surface area contributed by atoms with Gasteiger partial charge in [0.25, 0.3) is 5.91 Å². The highest BCUT2D eigenvalue weighted by molar-refractivity contribution is 9.10. The van der Waals surface area contributed by atoms with E-state index >= 15 is 0 Å². The number of nitrogens with one attached hydrogen (secondary N) is 2. The molecular formula is C16H15BrN2O. The third-order valence-electron chi connectivity index (χ3n) is 3.51. The van der Waals surface area contributed by atoms with E-state index in [1.165, 1.54) is 11.1 Å². The SMILES string of the molecule is O=C(Nc1cccc2c1CNCC2)c1ccccc1Br. The Kier molecular flexibility index (Phi) is 3.85. The predicted octanol–water partition coefficient (Wildman–Crippen LogP) is 3.35. The van der Waals surface area contributed by atoms with Crippen LogP contribution < -0.4 is 10.6 Å². The molecule has 0 unspecified atom stereocenters. The van der Waals surface area contributed by atoms with Crippen LogP contribution >= 0.6 is 15.9 Å². The minimum absolute atomic E-state index is 0.0866. The number of carbonyl (C=O) groups is 1. The van der Waals surface area contributed by atoms with Crippen LogP contribution in [0.5, 0.6) is 0 Å². The van der Waals surface area contributed by atoms with Crippen LogP contribution in [-0.4, -0.2) is 12.5 Å². The minimum Gasteiger partial charge on any atom is -0.322 e. The lowest BCUT2D eigenvalue weighted by atomic mass is 9.99. The van der Waals surface area contributed by atoms with Gasteiger partial charge in [-0.05, 0) is 58.2 Å². The lowest BCUT2D eigenvalue weighted by Crippen LogP contribution is -2.25. The third-order valence-corrected chi connectivity index (χ3v) is 4.20. The summed E-state index contributed by atoms with van der Waals surface area (Å²) < 4.78 is 0.806. The molecule has 3 nitrogen and oxygen atoms in total. The Hall–Kier alpha value is -1.65. The monoisotopic (exact) mass is 330 g/mol. The number of benzene rings is 2. The Morgan fingerprint density at radius 3 is 2.85 bits per heavy atom. The quantitative estimate of drug-likeness (QED) is 0.886. The second-order valence-electron chi connectivity index (χ2n) is 4.80. The standard InChI is InChI=1S/C16H15BrN2O/c17-14-6-2-1-5-12(14)16(20)19-15-7-3-4-11-8-9-18-10-13(11)15/h1-7,18H,8-10H2,(H,19,20). The van der Waals surface area contributed by atoms with Gasteiger partial charge in [-0.1, -0.05) is 24.3 Å². The Labute approximate surface area is 126 Å². The average Bonchev–Trinajstić information content (AvgIpc) is 2.48. The fourth-order valence-electron chi connectivity index (χ4n) is 2.47. The molecule has 1 aliphatic rings. The maximum Gasteiger partial charge on any atom is 0.256 e. The fraction of sp³-hybridized carbons (Fsp3) is 0.188. The van der Waals surface area contributed by atoms with Crippen LogP contribution in [0.1, 0.15) is 21.5 Å². The van der Waals surface area contributed by atoms with Crippen LogP contribution in [-0.2, 0) is 13.0 Å². The maximum absolute atomic E-state index is 12.4. The number of halogens is 1. The van der Waals surface area contributed by atoms with Crippen molar-refractivity contribution in [2.24, 2.45) is 0 Å². The molecule has 0 radical (unpaired) electrons. The molecule has 20 heavy (non-hydrogen) atoms. The van der Waals surface area contributed by atoms with Crippen LogP contribution in [0.25, 0.3) is 0 Å². The van der Waals surface area contributed by atoms with Crippen LogP contribution in [0.2, 0.25) is 0 Å². The first-order chi connectivity index (χ1) is 9.75. The Balaban J connectivity index is 1.89. The highest BCUT2D eigenvalue weighted by Gasteiger charge is 2.15. The molecule has 0 aromatic heterocycles. The number of hydrogen-bond donors (Lipinski definition) is 2. The maximum atomic E-state index is 12.4. The van der Waals surface area contributed by atoms with E-state index in [4.69, 9.17) is 0 Å². The molecule has 0 saturated carbocycles. The molecule has 3 rings (SSSR count). The molecular weight excluding hydrogens is 316 g/mol. The fourth-order valence-corrected chi connectivity index (χ4v) is 2.93. The lowest BCUT2D eigenvalue weighted by Gasteiger charge is -2.20. The summed E-state index contributed by atoms with van der Waals surface area (Å²) in [5.41, 5.74) is 4.05. The largest absolute Gasteiger partial charge is 0.322 e. The van der Waals surface area contributed by atoms with E-state index in [0.29, 0.717) is 5.56 Å². The number of fused-ring (bicyclic) bond motifs is 1. The highest BCUT2D eigenvalue weighted by Crippen LogP contribution is 2.24. The first-order valence-corrected chi connectivity index (χ1v) is 7.42. The average molecular weight is 331 g/mol. The van der Waals surface area contributed by atoms with Gasteiger partial charge < -0.3 is 10.6 Å². The van der Waals surface area contributed by atoms with Crippen LogP contribution in [0.4, 0.5) is 5.69 Å². The summed E-state index contributed by atoms with van der Waals surface area (Å²) in [6, 6.07) is 13.5. The van der Waals surface area contributed by atoms with Crippen LogP contribution in [0.15, 0.2) is 46.9 Å². The van der Waals surface area contributed by atoms with Gasteiger partial charge >= 0.3 is 0 Å². The Bertz CT molecular complexity index is 655. The predicted molar refractivity (Wildman–Crippen MR) is 83.9 cm³/mol. The molecule has 2 aromatic rings. The second-order valence-corrected chi connectivity index (χ2v) is 5.66. The van der Waals surface area contributed by atoms with E-state index in [9.17, 15) is 4.79 Å². The summed E-state index contributed by atoms with van der Waals surface area (Å²) in [6.45, 7) is 1.80. The summed E-state index contributed by atoms with van der Waals surface area (Å²) >= 11 is 3.41. The summed E-state index contributed by atoms with van der Waals surface area (Å²) in [6.07, 6.45) is 1.01. The molecule has 0 bridgehead atoms. The Morgan fingerprint density at radius 2 is 2.00 bits per heavy atom. The molecule has 0 aliphatic carbocycles. The van der Waals surface area contributed by atoms with Crippen molar-refractivity contribution in [3.63, 3.8) is 0 Å². The van der Waals surface area contributed by atoms with Crippen LogP contribution in [0, 0.1) is 0 Å². The van der Waals surface area contributed by atoms with Crippen LogP contribution in [0.3, 0.4) is 0 Å². The van der Waals surface area contributed by atoms with Gasteiger partial charge in [0.15, 0.2) is 0 Å². The van der Waals surface area contributed by atoms with Gasteiger partial charge in [0.2, 0.25) is 0 Å². The molecule has 1 heterocycles. The van der Waals surface area contributed by atoms with Gasteiger partial charge in [-0.2, -0.15) is 0 Å². The first kappa shape index (κ1) is 13.3. The van der Waals surface area contributed by atoms with Gasteiger partial charge in [-0.15, -0.1) is 0 Å². The number of hydrogen-bond acceptors (Lipinski definition) is 2. The highest BCUT2D eigenvalue weighted by atomic mass is 79.9. The summed E-state index contributed by atoms with van der Waals surface area (Å²) in [4.78, 5) is 12.4. The van der Waals surface area contributed by atoms with E-state index in [1.807, 2.05) is 36.4 Å². The smallest absolute Gasteiger partial charge is 0.256 e. The van der Waals surface area contributed by atoms with Gasteiger partial charge in [-0.3, -0.25) is 4.79 Å². The number of carbonyl (C=O) groups excluding carboxylic acids is 1. The van der Waals surface area contributed by atoms with Crippen molar-refractivity contribution >= 4 is 27.5 Å². The molecule has 0 saturated heterocycles. The topological polar surface area (TPSA) is 41.1 Å². The third kappa shape index (κ3) is 2.62. The molecule has 0 spiro atoms. The molecule has 1 aliphatic heterocycles. The van der Waals surface area contributed by atoms with Crippen molar-refractivity contribution in [1.82, 2.24) is 5.32 Å². The molecule has 2 N–H and O–H groups in total. The van der Waals surface area contributed by atoms with E-state index < -0.39 is 0 Å². The molecule has 102 valence electrons. The van der Waals surface area contributed by atoms with Gasteiger partial charge in [0, 0.05) is 16.7 Å². The minimum atomic E-state index is -0.0866. The number of rotatable bonds is 2. The lowest BCUT2D eigenvalue weighted by molar-refractivity contribution is 0.102. The molecule has 4 heteroatoms. The molecule has 2 aromatic carbocycles. The van der Waals surface area contributed by atoms with Gasteiger partial charge in [-0.25, -0.2) is 0 Å². The van der Waals surface area contributed by atoms with E-state index in [1.54, 1.807) is 0 Å². The normalized spacial score (nSPS) is 13.7. The number of amides is 1. The zero-order valence-electron chi connectivity index (χ0n) is 10.9. The van der Waals surface area contributed by atoms with Crippen molar-refractivity contribution in [3.05, 3.63) is 63.6 Å². The van der Waals surface area contributed by atoms with Gasteiger partial charge in [0.05, 0.1) is 5.56 Å². The van der Waals surface area contributed by atoms with Crippen molar-refractivity contribution in [2.45, 2.75) is 13.0 Å². The van der Waals surface area contributed by atoms with E-state index in [2.05, 4.69) is 32.6 Å². The molecule has 1 amide bonds. The summed E-state index contributed by atoms with van der Waals surface area (Å²) in [5, 5.41) is 6.36. The molecule has 0 atom stereocenters. The summed E-state index contributed by atoms with van der Waals surface area (Å²) in [5.74, 6) is -0.0866. The van der Waals surface area contributed by atoms with E-state index in [0.717, 1.165) is 29.7 Å². The first-order valence-electron chi connectivity index (χ1n) is 6.63. The summed E-state index contributed by atoms with van der Waals surface area (Å²) in [7, 11) is 0. The zero-order chi connectivity index (χ0) is 13.9. The second kappa shape index (κ2) is 5.77. The zero-order valence-corrected chi connectivity index (χ0v) is 12.5. The Morgan fingerprint density at radius 1 is 1.15 bits per heavy atom. The number of anilines is 1. The van der Waals surface area contributed by atoms with Crippen molar-refractivity contribution in [3.8, 4) is 0 Å².